The van der Waals surface area contributed by atoms with Gasteiger partial charge in [0.05, 0.1) is 13.2 Å². The van der Waals surface area contributed by atoms with Crippen molar-refractivity contribution in [2.45, 2.75) is 44.9 Å². The molecule has 0 bridgehead atoms. The lowest BCUT2D eigenvalue weighted by Crippen LogP contribution is -1.93. The lowest BCUT2D eigenvalue weighted by atomic mass is 10.1. The molecule has 84 valence electrons. The van der Waals surface area contributed by atoms with Gasteiger partial charge in [-0.1, -0.05) is 25.3 Å². The van der Waals surface area contributed by atoms with Crippen LogP contribution < -0.4 is 0 Å². The molecular weight excluding hydrogens is 190 g/mol. The third-order valence-electron chi connectivity index (χ3n) is 2.11. The fourth-order valence-electron chi connectivity index (χ4n) is 1.24. The van der Waals surface area contributed by atoms with Crippen LogP contribution in [0.25, 0.3) is 0 Å². The van der Waals surface area contributed by atoms with Gasteiger partial charge in [-0.25, -0.2) is 4.79 Å². The van der Waals surface area contributed by atoms with Gasteiger partial charge in [-0.05, 0) is 19.3 Å². The summed E-state index contributed by atoms with van der Waals surface area (Å²) in [7, 11) is 1.38. The van der Waals surface area contributed by atoms with Crippen LogP contribution in [0, 0.1) is 11.3 Å². The molecule has 0 saturated heterocycles. The molecule has 0 aliphatic carbocycles. The molecule has 0 aliphatic rings. The van der Waals surface area contributed by atoms with E-state index in [4.69, 9.17) is 5.26 Å². The summed E-state index contributed by atoms with van der Waals surface area (Å²) in [6.45, 7) is 0. The number of hydrogen-bond donors (Lipinski definition) is 0. The lowest BCUT2D eigenvalue weighted by Gasteiger charge is -1.96. The number of esters is 1. The van der Waals surface area contributed by atoms with Crippen LogP contribution in [0.5, 0.6) is 0 Å². The van der Waals surface area contributed by atoms with E-state index in [0.29, 0.717) is 6.42 Å². The fraction of sp³-hybridized carbons (Fsp3) is 0.667. The van der Waals surface area contributed by atoms with Crippen LogP contribution >= 0.6 is 0 Å². The molecular formula is C12H19NO2. The number of nitriles is 1. The van der Waals surface area contributed by atoms with Crippen LogP contribution in [-0.2, 0) is 9.53 Å². The first kappa shape index (κ1) is 13.7. The Morgan fingerprint density at radius 2 is 1.93 bits per heavy atom. The molecule has 3 nitrogen and oxygen atoms in total. The average Bonchev–Trinajstić information content (AvgIpc) is 2.26. The number of ether oxygens (including phenoxy) is 1. The van der Waals surface area contributed by atoms with Crippen LogP contribution in [0.4, 0.5) is 0 Å². The highest BCUT2D eigenvalue weighted by atomic mass is 16.5. The van der Waals surface area contributed by atoms with E-state index < -0.39 is 0 Å². The van der Waals surface area contributed by atoms with Crippen molar-refractivity contribution in [2.24, 2.45) is 0 Å². The zero-order valence-corrected chi connectivity index (χ0v) is 9.37. The van der Waals surface area contributed by atoms with Gasteiger partial charge in [0.2, 0.25) is 0 Å². The van der Waals surface area contributed by atoms with Crippen LogP contribution in [0.15, 0.2) is 12.2 Å². The van der Waals surface area contributed by atoms with E-state index >= 15 is 0 Å². The van der Waals surface area contributed by atoms with Gasteiger partial charge in [0.25, 0.3) is 0 Å². The summed E-state index contributed by atoms with van der Waals surface area (Å²) >= 11 is 0. The zero-order chi connectivity index (χ0) is 11.4. The second-order valence-corrected chi connectivity index (χ2v) is 3.39. The molecule has 0 aromatic carbocycles. The highest BCUT2D eigenvalue weighted by Crippen LogP contribution is 2.07. The lowest BCUT2D eigenvalue weighted by molar-refractivity contribution is -0.134. The predicted octanol–water partition coefficient (Wildman–Crippen LogP) is 2.97. The number of carbonyl (C=O) groups excluding carboxylic acids is 1. The van der Waals surface area contributed by atoms with Crippen LogP contribution in [0.1, 0.15) is 44.9 Å². The van der Waals surface area contributed by atoms with Crippen molar-refractivity contribution in [2.75, 3.05) is 7.11 Å². The van der Waals surface area contributed by atoms with Crippen LogP contribution in [0.2, 0.25) is 0 Å². The molecule has 0 spiro atoms. The molecule has 0 atom stereocenters. The standard InChI is InChI=1S/C12H19NO2/c1-15-12(14)10-8-6-4-2-3-5-7-9-11-13/h8,10H,2-7,9H2,1H3/b10-8+. The molecule has 0 aliphatic heterocycles. The van der Waals surface area contributed by atoms with Gasteiger partial charge >= 0.3 is 5.97 Å². The summed E-state index contributed by atoms with van der Waals surface area (Å²) in [6, 6.07) is 2.14. The topological polar surface area (TPSA) is 50.1 Å². The molecule has 0 amide bonds. The molecule has 0 saturated carbocycles. The van der Waals surface area contributed by atoms with Gasteiger partial charge in [-0.15, -0.1) is 0 Å². The Bertz CT molecular complexity index is 228. The third kappa shape index (κ3) is 10.6. The molecule has 0 fully saturated rings. The van der Waals surface area contributed by atoms with Crippen molar-refractivity contribution in [3.63, 3.8) is 0 Å². The highest BCUT2D eigenvalue weighted by Gasteiger charge is 1.91. The first-order valence-corrected chi connectivity index (χ1v) is 5.42. The maximum Gasteiger partial charge on any atom is 0.330 e. The molecule has 0 aromatic heterocycles. The first-order chi connectivity index (χ1) is 7.31. The number of nitrogens with zero attached hydrogens (tertiary/aromatic N) is 1. The smallest absolute Gasteiger partial charge is 0.330 e. The Kier molecular flexibility index (Phi) is 9.84. The van der Waals surface area contributed by atoms with E-state index in [-0.39, 0.29) is 5.97 Å². The van der Waals surface area contributed by atoms with Crippen molar-refractivity contribution in [1.82, 2.24) is 0 Å². The zero-order valence-electron chi connectivity index (χ0n) is 9.37. The number of unbranched alkanes of at least 4 members (excludes halogenated alkanes) is 6. The van der Waals surface area contributed by atoms with E-state index in [0.717, 1.165) is 32.1 Å². The minimum Gasteiger partial charge on any atom is -0.466 e. The number of carbonyl (C=O) groups is 1. The van der Waals surface area contributed by atoms with Gasteiger partial charge in [-0.3, -0.25) is 0 Å². The third-order valence-corrected chi connectivity index (χ3v) is 2.11. The summed E-state index contributed by atoms with van der Waals surface area (Å²) in [4.78, 5) is 10.7. The maximum absolute atomic E-state index is 10.7. The average molecular weight is 209 g/mol. The van der Waals surface area contributed by atoms with E-state index in [2.05, 4.69) is 10.8 Å². The molecule has 0 unspecified atom stereocenters. The molecule has 0 radical (unpaired) electrons. The van der Waals surface area contributed by atoms with Crippen molar-refractivity contribution in [1.29, 1.82) is 5.26 Å². The van der Waals surface area contributed by atoms with E-state index in [1.165, 1.54) is 19.6 Å². The Labute approximate surface area is 91.7 Å². The normalized spacial score (nSPS) is 10.1. The van der Waals surface area contributed by atoms with Crippen molar-refractivity contribution >= 4 is 5.97 Å². The van der Waals surface area contributed by atoms with E-state index in [1.54, 1.807) is 0 Å². The molecule has 0 rings (SSSR count). The molecule has 0 aromatic rings. The monoisotopic (exact) mass is 209 g/mol. The van der Waals surface area contributed by atoms with Gasteiger partial charge in [-0.2, -0.15) is 5.26 Å². The van der Waals surface area contributed by atoms with Gasteiger partial charge in [0, 0.05) is 12.5 Å². The minimum atomic E-state index is -0.288. The molecule has 0 heterocycles. The second-order valence-electron chi connectivity index (χ2n) is 3.39. The Balaban J connectivity index is 3.15. The summed E-state index contributed by atoms with van der Waals surface area (Å²) in [6.07, 6.45) is 10.5. The number of methoxy groups -OCH3 is 1. The SMILES string of the molecule is COC(=O)/C=C/CCCCCCCC#N. The number of allylic oxidation sites excluding steroid dienone is 1. The molecule has 3 heteroatoms. The second kappa shape index (κ2) is 10.8. The van der Waals surface area contributed by atoms with Gasteiger partial charge < -0.3 is 4.74 Å². The first-order valence-electron chi connectivity index (χ1n) is 5.42. The molecule has 0 N–H and O–H groups in total. The fourth-order valence-corrected chi connectivity index (χ4v) is 1.24. The summed E-state index contributed by atoms with van der Waals surface area (Å²) in [5.74, 6) is -0.288. The van der Waals surface area contributed by atoms with Crippen molar-refractivity contribution in [3.05, 3.63) is 12.2 Å². The molecule has 15 heavy (non-hydrogen) atoms. The number of rotatable bonds is 8. The Morgan fingerprint density at radius 1 is 1.27 bits per heavy atom. The minimum absolute atomic E-state index is 0.288. The number of hydrogen-bond acceptors (Lipinski definition) is 3. The summed E-state index contributed by atoms with van der Waals surface area (Å²) < 4.78 is 4.47. The van der Waals surface area contributed by atoms with Gasteiger partial charge in [0.1, 0.15) is 0 Å². The largest absolute Gasteiger partial charge is 0.466 e. The summed E-state index contributed by atoms with van der Waals surface area (Å²) in [5, 5.41) is 8.31. The maximum atomic E-state index is 10.7. The summed E-state index contributed by atoms with van der Waals surface area (Å²) in [5.41, 5.74) is 0. The quantitative estimate of drug-likeness (QED) is 0.351. The van der Waals surface area contributed by atoms with Gasteiger partial charge in [0.15, 0.2) is 0 Å². The highest BCUT2D eigenvalue weighted by molar-refractivity contribution is 5.81. The predicted molar refractivity (Wildman–Crippen MR) is 59.1 cm³/mol. The Hall–Kier alpha value is -1.30. The van der Waals surface area contributed by atoms with Crippen molar-refractivity contribution in [3.8, 4) is 6.07 Å². The Morgan fingerprint density at radius 3 is 2.60 bits per heavy atom. The van der Waals surface area contributed by atoms with E-state index in [1.807, 2.05) is 6.08 Å². The van der Waals surface area contributed by atoms with Crippen LogP contribution in [-0.4, -0.2) is 13.1 Å². The van der Waals surface area contributed by atoms with Crippen LogP contribution in [0.3, 0.4) is 0 Å². The van der Waals surface area contributed by atoms with Crippen molar-refractivity contribution < 1.29 is 9.53 Å². The van der Waals surface area contributed by atoms with E-state index in [9.17, 15) is 4.79 Å².